The Bertz CT molecular complexity index is 475. The van der Waals surface area contributed by atoms with E-state index in [0.717, 1.165) is 18.7 Å². The molecule has 1 heterocycles. The maximum Gasteiger partial charge on any atom is 0.227 e. The van der Waals surface area contributed by atoms with Crippen LogP contribution in [-0.4, -0.2) is 35.5 Å². The van der Waals surface area contributed by atoms with Gasteiger partial charge in [-0.05, 0) is 44.0 Å². The highest BCUT2D eigenvalue weighted by Crippen LogP contribution is 2.27. The summed E-state index contributed by atoms with van der Waals surface area (Å²) in [4.78, 5) is 14.6. The summed E-state index contributed by atoms with van der Waals surface area (Å²) in [6.07, 6.45) is 0. The van der Waals surface area contributed by atoms with E-state index in [2.05, 4.69) is 12.2 Å². The number of carbonyl (C=O) groups excluding carboxylic acids is 1. The Balaban J connectivity index is 2.16. The number of benzene rings is 1. The van der Waals surface area contributed by atoms with Gasteiger partial charge in [-0.2, -0.15) is 0 Å². The molecule has 110 valence electrons. The largest absolute Gasteiger partial charge is 0.508 e. The lowest BCUT2D eigenvalue weighted by atomic mass is 9.95. The average Bonchev–Trinajstić information content (AvgIpc) is 2.85. The Morgan fingerprint density at radius 2 is 2.25 bits per heavy atom. The van der Waals surface area contributed by atoms with E-state index in [0.29, 0.717) is 12.5 Å². The van der Waals surface area contributed by atoms with Crippen molar-refractivity contribution in [1.82, 2.24) is 10.2 Å². The van der Waals surface area contributed by atoms with Crippen molar-refractivity contribution >= 4 is 5.91 Å². The number of hydrogen-bond acceptors (Lipinski definition) is 3. The lowest BCUT2D eigenvalue weighted by Crippen LogP contribution is -2.40. The summed E-state index contributed by atoms with van der Waals surface area (Å²) in [5.74, 6) is 0.900. The molecule has 1 aromatic carbocycles. The minimum atomic E-state index is -0.0209. The molecule has 4 heteroatoms. The summed E-state index contributed by atoms with van der Waals surface area (Å²) < 4.78 is 0. The first-order valence-electron chi connectivity index (χ1n) is 7.34. The number of rotatable bonds is 4. The van der Waals surface area contributed by atoms with Crippen LogP contribution in [0.15, 0.2) is 24.3 Å². The molecule has 3 atom stereocenters. The van der Waals surface area contributed by atoms with Crippen LogP contribution < -0.4 is 5.32 Å². The van der Waals surface area contributed by atoms with Crippen molar-refractivity contribution in [2.75, 3.05) is 19.6 Å². The van der Waals surface area contributed by atoms with Crippen molar-refractivity contribution in [3.05, 3.63) is 29.8 Å². The van der Waals surface area contributed by atoms with Gasteiger partial charge in [0.1, 0.15) is 5.75 Å². The molecule has 1 aromatic rings. The highest BCUT2D eigenvalue weighted by atomic mass is 16.3. The Hall–Kier alpha value is -1.55. The second-order valence-corrected chi connectivity index (χ2v) is 5.64. The van der Waals surface area contributed by atoms with Gasteiger partial charge in [-0.1, -0.05) is 19.1 Å². The molecule has 4 nitrogen and oxygen atoms in total. The van der Waals surface area contributed by atoms with Crippen LogP contribution in [0.2, 0.25) is 0 Å². The normalized spacial score (nSPS) is 23.6. The number of amides is 1. The van der Waals surface area contributed by atoms with Gasteiger partial charge in [0.2, 0.25) is 5.91 Å². The van der Waals surface area contributed by atoms with Gasteiger partial charge in [-0.25, -0.2) is 0 Å². The van der Waals surface area contributed by atoms with Gasteiger partial charge in [-0.3, -0.25) is 4.79 Å². The molecule has 0 spiro atoms. The highest BCUT2D eigenvalue weighted by molar-refractivity contribution is 5.80. The van der Waals surface area contributed by atoms with Crippen molar-refractivity contribution in [2.45, 2.75) is 26.8 Å². The minimum Gasteiger partial charge on any atom is -0.508 e. The number of aromatic hydroxyl groups is 1. The summed E-state index contributed by atoms with van der Waals surface area (Å²) in [6, 6.07) is 7.14. The lowest BCUT2D eigenvalue weighted by molar-refractivity contribution is -0.138. The third-order valence-corrected chi connectivity index (χ3v) is 4.28. The molecular formula is C16H24N2O2. The Kier molecular flexibility index (Phi) is 4.65. The smallest absolute Gasteiger partial charge is 0.227 e. The van der Waals surface area contributed by atoms with E-state index >= 15 is 0 Å². The third-order valence-electron chi connectivity index (χ3n) is 4.28. The molecule has 20 heavy (non-hydrogen) atoms. The molecular weight excluding hydrogens is 252 g/mol. The van der Waals surface area contributed by atoms with Crippen molar-refractivity contribution in [2.24, 2.45) is 11.8 Å². The van der Waals surface area contributed by atoms with Crippen molar-refractivity contribution < 1.29 is 9.90 Å². The van der Waals surface area contributed by atoms with Gasteiger partial charge >= 0.3 is 0 Å². The van der Waals surface area contributed by atoms with Gasteiger partial charge in [-0.15, -0.1) is 0 Å². The average molecular weight is 276 g/mol. The van der Waals surface area contributed by atoms with Crippen molar-refractivity contribution in [1.29, 1.82) is 0 Å². The van der Waals surface area contributed by atoms with Gasteiger partial charge in [0.15, 0.2) is 0 Å². The topological polar surface area (TPSA) is 52.6 Å². The summed E-state index contributed by atoms with van der Waals surface area (Å²) in [5, 5.41) is 12.9. The summed E-state index contributed by atoms with van der Waals surface area (Å²) >= 11 is 0. The van der Waals surface area contributed by atoms with Gasteiger partial charge in [0.05, 0.1) is 12.0 Å². The fourth-order valence-electron chi connectivity index (χ4n) is 2.94. The molecule has 1 aliphatic rings. The van der Waals surface area contributed by atoms with Crippen LogP contribution in [0, 0.1) is 11.8 Å². The standard InChI is InChI=1S/C16H24N2O2/c1-4-18(16(20)15-10-17-9-11(15)2)12(3)13-6-5-7-14(19)8-13/h5-8,11-12,15,17,19H,4,9-10H2,1-3H3/t11-,12?,15-/m1/s1. The second-order valence-electron chi connectivity index (χ2n) is 5.64. The Morgan fingerprint density at radius 1 is 1.50 bits per heavy atom. The van der Waals surface area contributed by atoms with E-state index in [9.17, 15) is 9.90 Å². The maximum absolute atomic E-state index is 12.7. The third kappa shape index (κ3) is 2.96. The molecule has 1 aliphatic heterocycles. The zero-order valence-electron chi connectivity index (χ0n) is 12.5. The molecule has 1 amide bonds. The molecule has 0 aromatic heterocycles. The number of carbonyl (C=O) groups is 1. The van der Waals surface area contributed by atoms with E-state index in [-0.39, 0.29) is 23.6 Å². The Morgan fingerprint density at radius 3 is 2.80 bits per heavy atom. The summed E-state index contributed by atoms with van der Waals surface area (Å²) in [5.41, 5.74) is 0.971. The first kappa shape index (κ1) is 14.9. The van der Waals surface area contributed by atoms with Crippen LogP contribution in [0.25, 0.3) is 0 Å². The predicted octanol–water partition coefficient (Wildman–Crippen LogP) is 2.16. The summed E-state index contributed by atoms with van der Waals surface area (Å²) in [6.45, 7) is 8.50. The molecule has 2 rings (SSSR count). The van der Waals surface area contributed by atoms with E-state index < -0.39 is 0 Å². The number of hydrogen-bond donors (Lipinski definition) is 2. The molecule has 1 saturated heterocycles. The van der Waals surface area contributed by atoms with Gasteiger partial charge in [0, 0.05) is 13.1 Å². The minimum absolute atomic E-state index is 0.0209. The van der Waals surface area contributed by atoms with E-state index in [1.165, 1.54) is 0 Å². The predicted molar refractivity (Wildman–Crippen MR) is 79.4 cm³/mol. The van der Waals surface area contributed by atoms with Crippen molar-refractivity contribution in [3.63, 3.8) is 0 Å². The van der Waals surface area contributed by atoms with E-state index in [4.69, 9.17) is 0 Å². The van der Waals surface area contributed by atoms with Crippen LogP contribution in [0.4, 0.5) is 0 Å². The monoisotopic (exact) mass is 276 g/mol. The molecule has 0 radical (unpaired) electrons. The first-order chi connectivity index (χ1) is 9.54. The van der Waals surface area contributed by atoms with Crippen LogP contribution >= 0.6 is 0 Å². The molecule has 1 fully saturated rings. The number of phenols is 1. The molecule has 0 bridgehead atoms. The first-order valence-corrected chi connectivity index (χ1v) is 7.34. The fourth-order valence-corrected chi connectivity index (χ4v) is 2.94. The SMILES string of the molecule is CCN(C(=O)[C@@H]1CNC[C@H]1C)C(C)c1cccc(O)c1. The molecule has 2 N–H and O–H groups in total. The highest BCUT2D eigenvalue weighted by Gasteiger charge is 2.34. The van der Waals surface area contributed by atoms with E-state index in [1.807, 2.05) is 30.9 Å². The fraction of sp³-hybridized carbons (Fsp3) is 0.562. The maximum atomic E-state index is 12.7. The van der Waals surface area contributed by atoms with Crippen LogP contribution in [0.5, 0.6) is 5.75 Å². The van der Waals surface area contributed by atoms with Crippen molar-refractivity contribution in [3.8, 4) is 5.75 Å². The van der Waals surface area contributed by atoms with E-state index in [1.54, 1.807) is 12.1 Å². The number of phenolic OH excluding ortho intramolecular Hbond substituents is 1. The summed E-state index contributed by atoms with van der Waals surface area (Å²) in [7, 11) is 0. The Labute approximate surface area is 120 Å². The molecule has 1 unspecified atom stereocenters. The van der Waals surface area contributed by atoms with Crippen LogP contribution in [0.1, 0.15) is 32.4 Å². The van der Waals surface area contributed by atoms with Gasteiger partial charge in [0.25, 0.3) is 0 Å². The van der Waals surface area contributed by atoms with Gasteiger partial charge < -0.3 is 15.3 Å². The van der Waals surface area contributed by atoms with Crippen LogP contribution in [0.3, 0.4) is 0 Å². The molecule has 0 aliphatic carbocycles. The zero-order chi connectivity index (χ0) is 14.7. The lowest BCUT2D eigenvalue weighted by Gasteiger charge is -2.31. The zero-order valence-corrected chi connectivity index (χ0v) is 12.5. The number of nitrogens with zero attached hydrogens (tertiary/aromatic N) is 1. The second kappa shape index (κ2) is 6.27. The number of nitrogens with one attached hydrogen (secondary N) is 1. The quantitative estimate of drug-likeness (QED) is 0.886. The molecule has 0 saturated carbocycles. The van der Waals surface area contributed by atoms with Crippen LogP contribution in [-0.2, 0) is 4.79 Å².